The van der Waals surface area contributed by atoms with Crippen LogP contribution in [0.1, 0.15) is 210 Å². The number of hydrogen-bond donors (Lipinski definition) is 1. The largest absolute Gasteiger partial charge is 0.326 e. The van der Waals surface area contributed by atoms with E-state index in [2.05, 4.69) is 53.4 Å². The highest BCUT2D eigenvalue weighted by molar-refractivity contribution is 6.00. The predicted octanol–water partition coefficient (Wildman–Crippen LogP) is 28.4. The molecule has 0 bridgehead atoms. The van der Waals surface area contributed by atoms with Crippen LogP contribution in [-0.2, 0) is 17.6 Å². The fourth-order valence-corrected chi connectivity index (χ4v) is 4.36. The molecule has 2 atom stereocenters. The van der Waals surface area contributed by atoms with E-state index < -0.39 is 0 Å². The molecule has 0 aromatic heterocycles. The van der Waals surface area contributed by atoms with Crippen LogP contribution in [0.15, 0.2) is 6.07 Å². The third-order valence-corrected chi connectivity index (χ3v) is 5.86. The Bertz CT molecular complexity index is 755. The van der Waals surface area contributed by atoms with E-state index in [4.69, 9.17) is 1.41 Å². The fraction of sp³-hybridized carbons (Fsp3) is 0.696. The molecule has 1 aliphatic heterocycles. The fourth-order valence-electron chi connectivity index (χ4n) is 4.36. The van der Waals surface area contributed by atoms with E-state index in [0.717, 1.165) is 29.5 Å². The molecule has 0 spiro atoms. The smallest absolute Gasteiger partial charge is 0.228 e. The Morgan fingerprint density at radius 1 is 1.27 bits per heavy atom. The number of hydrogen-bond acceptors (Lipinski definition) is 2. The molecule has 0 fully saturated rings. The summed E-state index contributed by atoms with van der Waals surface area (Å²) >= 11 is 0. The molecule has 1 aromatic carbocycles. The lowest BCUT2D eigenvalue weighted by molar-refractivity contribution is -0.115. The second kappa shape index (κ2) is 9.03. The summed E-state index contributed by atoms with van der Waals surface area (Å²) in [4.78, 5) is 14.8. The Kier molecular flexibility index (Phi) is 6.74. The average molecular weight is 549 g/mol. The van der Waals surface area contributed by atoms with Crippen molar-refractivity contribution in [2.24, 2.45) is 5.92 Å². The number of fused-ring (bicyclic) bond motifs is 1. The number of benzene rings is 1. The molecule has 1 heterocycles. The van der Waals surface area contributed by atoms with Crippen LogP contribution in [0.2, 0.25) is 1.41 Å². The highest BCUT2D eigenvalue weighted by Crippen LogP contribution is 2.33. The van der Waals surface area contributed by atoms with E-state index in [1.54, 1.807) is 0 Å². The van der Waals surface area contributed by atoms with Gasteiger partial charge < -0.3 is 5.31 Å². The van der Waals surface area contributed by atoms with Crippen molar-refractivity contribution in [1.82, 2.24) is 4.90 Å². The van der Waals surface area contributed by atoms with Gasteiger partial charge in [0, 0.05) is 152 Å². The summed E-state index contributed by atoms with van der Waals surface area (Å²) in [7, 11) is 0. The molecule has 0 aliphatic carbocycles. The number of aryl methyl sites for hydroxylation is 1. The number of rotatable bonds is 9. The van der Waals surface area contributed by atoms with Crippen LogP contribution < -0.4 is 5.31 Å². The lowest BCUT2D eigenvalue weighted by atomic mass is 9.90. The van der Waals surface area contributed by atoms with E-state index in [-0.39, 0.29) is 140 Å². The zero-order chi connectivity index (χ0) is 20.3. The average Bonchev–Trinajstić information content (AvgIpc) is 2.86. The number of nitrogens with one attached hydrogen (secondary N) is 1. The van der Waals surface area contributed by atoms with Gasteiger partial charge in [0.2, 0.25) is 5.91 Å². The first-order valence-corrected chi connectivity index (χ1v) is 10.4. The molecule has 1 N–H and O–H groups in total. The van der Waals surface area contributed by atoms with Gasteiger partial charge in [-0.1, -0.05) is 27.2 Å². The molecule has 26 heavy (non-hydrogen) atoms. The molecular formula is C23H226N2O. The van der Waals surface area contributed by atoms with Crippen LogP contribution in [0.3, 0.4) is 0 Å². The van der Waals surface area contributed by atoms with Gasteiger partial charge in [-0.2, -0.15) is 0 Å². The van der Waals surface area contributed by atoms with Gasteiger partial charge in [0.25, 0.3) is 0 Å². The number of carbonyl (C=O) groups is 1. The molecule has 2 unspecified atom stereocenters. The van der Waals surface area contributed by atoms with Gasteiger partial charge in [0.15, 0.2) is 1.41 Å². The Morgan fingerprint density at radius 2 is 1.96 bits per heavy atom. The first-order chi connectivity index (χ1) is 12.7. The van der Waals surface area contributed by atoms with Gasteiger partial charge in [-0.15, -0.1) is 0 Å². The molecule has 3 nitrogen and oxygen atoms in total. The molecular weight excluding hydrogens is 320 g/mol. The molecule has 2 rings (SSSR count). The van der Waals surface area contributed by atoms with E-state index in [1.165, 1.54) is 36.0 Å². The molecule has 1 aliphatic rings. The Labute approximate surface area is 301 Å². The van der Waals surface area contributed by atoms with Gasteiger partial charge in [-0.3, -0.25) is 9.69 Å². The van der Waals surface area contributed by atoms with Crippen molar-refractivity contribution in [2.45, 2.75) is 92.7 Å². The summed E-state index contributed by atoms with van der Waals surface area (Å²) in [6.07, 6.45) is 4.95. The van der Waals surface area contributed by atoms with Gasteiger partial charge in [-0.25, -0.2) is 0 Å². The van der Waals surface area contributed by atoms with Crippen molar-refractivity contribution >= 4 is 11.6 Å². The SMILES string of the molecule is [2H]N1C(=O)Cc2c1cc(C)c(C)c2CC(C)N(CCCC)C(C)CC(C)C.[HH].[HH].[HH].[HH].[HH].[HH].[HH].[HH].[HH].[HH].[HH].[HH].[HH].[HH].[HH].[HH].[HH].[HH].[HH].[HH].[HH].[HH].[HH].[HH].[HH].[HH].[HH].[HH].[HH].[HH].[HH].[HH].[HH].[HH].[HH].[HH].[HH].[HH].[HH].[HH].[HH].[HH].[HH].[HH].[HH].[HH].[HH].[HH].[HH].[HH].[HH].[HH].[HH].[HH].[HH].[HH].[HH].[HH].[HH].[HH].[HH].[HH].[HH].[HH].[HH].[HH].[HH].[HH].[HH].[HH].[HH].[HH].[HH].[HH].[HH].[HH].[HH].[HH].[HH].[HH].[HH].[HH].[HH].[HH].[HH].[HH].[HH].[HH].[HH].[HH].[HH].[HH].[HH].[HH]. The van der Waals surface area contributed by atoms with Crippen molar-refractivity contribution < 1.29 is 140 Å². The zero-order valence-corrected chi connectivity index (χ0v) is 17.9. The lowest BCUT2D eigenvalue weighted by Crippen LogP contribution is -2.42. The van der Waals surface area contributed by atoms with Crippen LogP contribution in [0, 0.1) is 19.8 Å². The maximum absolute atomic E-state index is 12.1. The van der Waals surface area contributed by atoms with E-state index in [1.807, 2.05) is 6.07 Å². The third-order valence-electron chi connectivity index (χ3n) is 5.86. The van der Waals surface area contributed by atoms with Gasteiger partial charge in [0.1, 0.15) is 0 Å². The van der Waals surface area contributed by atoms with Crippen molar-refractivity contribution in [3.05, 3.63) is 28.3 Å². The second-order valence-corrected chi connectivity index (χ2v) is 8.60. The maximum Gasteiger partial charge on any atom is 0.228 e. The number of anilines is 1. The Morgan fingerprint density at radius 3 is 2.58 bits per heavy atom. The molecule has 1 amide bonds. The Balaban J connectivity index is -0.000000000917. The number of carbonyl (C=O) groups excluding carboxylic acids is 1. The summed E-state index contributed by atoms with van der Waals surface area (Å²) in [5.74, 6) is 0.579. The van der Waals surface area contributed by atoms with Gasteiger partial charge in [-0.05, 0) is 87.7 Å². The van der Waals surface area contributed by atoms with Crippen molar-refractivity contribution in [3.63, 3.8) is 0 Å². The molecule has 0 saturated heterocycles. The summed E-state index contributed by atoms with van der Waals surface area (Å²) in [5.41, 5.74) is 5.63. The lowest BCUT2D eigenvalue weighted by Gasteiger charge is -2.36. The van der Waals surface area contributed by atoms with Crippen LogP contribution in [0.4, 0.5) is 5.69 Å². The Hall–Kier alpha value is -1.35. The quantitative estimate of drug-likeness (QED) is 0.333. The van der Waals surface area contributed by atoms with E-state index in [9.17, 15) is 4.79 Å². The first kappa shape index (κ1) is 19.4. The summed E-state index contributed by atoms with van der Waals surface area (Å²) in [6, 6.07) is 2.98. The molecule has 3 heteroatoms. The minimum Gasteiger partial charge on any atom is -0.326 e. The minimum atomic E-state index is -0.111. The standard InChI is InChI=1S/C23H38N2O.94H2/c1-8-9-10-25(17(5)11-15(2)3)18(6)13-20-19(7)16(4)12-22-21(20)14-23(26)24-22;;;;;;;;;;;;;;;;;;;;;;;;;;;;;;;;;;;;;;;;;;;;;;;;;;;;;;;;;;;;;;;;;;;;;;;;;;;;;;;;;;;;;;;;;;;;;;/h12,15,17-18H,8-11,13-14H2,1-7H3,(H,24,26);94*1H/i/hD. The first-order valence-electron chi connectivity index (χ1n) is 10.8. The van der Waals surface area contributed by atoms with Crippen LogP contribution >= 0.6 is 0 Å². The minimum absolute atomic E-state index is 0. The van der Waals surface area contributed by atoms with Gasteiger partial charge in [0.05, 0.1) is 6.42 Å². The van der Waals surface area contributed by atoms with Crippen molar-refractivity contribution in [1.29, 1.82) is 0 Å². The van der Waals surface area contributed by atoms with Crippen molar-refractivity contribution in [3.8, 4) is 0 Å². The molecule has 1 aromatic rings. The highest BCUT2D eigenvalue weighted by atomic mass is 16.1. The number of nitrogens with zero attached hydrogens (tertiary/aromatic N) is 1. The number of amides is 1. The summed E-state index contributed by atoms with van der Waals surface area (Å²) in [5, 5.41) is 1.09. The summed E-state index contributed by atoms with van der Waals surface area (Å²) in [6.45, 7) is 16.9. The van der Waals surface area contributed by atoms with Crippen LogP contribution in [0.5, 0.6) is 0 Å². The number of unbranched alkanes of at least 4 members (excludes halogenated alkanes) is 1. The topological polar surface area (TPSA) is 32.3 Å². The van der Waals surface area contributed by atoms with E-state index >= 15 is 0 Å². The molecule has 0 saturated carbocycles. The highest BCUT2D eigenvalue weighted by Gasteiger charge is 2.27. The van der Waals surface area contributed by atoms with Crippen LogP contribution in [0.25, 0.3) is 0 Å². The van der Waals surface area contributed by atoms with Crippen molar-refractivity contribution in [2.75, 3.05) is 11.9 Å². The zero-order valence-electron chi connectivity index (χ0n) is 18.9. The predicted molar refractivity (Wildman–Crippen MR) is 311 cm³/mol. The van der Waals surface area contributed by atoms with Gasteiger partial charge >= 0.3 is 0 Å². The summed E-state index contributed by atoms with van der Waals surface area (Å²) < 4.78 is 8.06. The molecule has 0 radical (unpaired) electrons. The third kappa shape index (κ3) is 4.88. The van der Waals surface area contributed by atoms with Crippen LogP contribution in [-0.4, -0.2) is 29.4 Å². The monoisotopic (exact) mass is 549 g/mol. The normalized spacial score (nSPS) is 17.0. The molecule has 334 valence electrons. The van der Waals surface area contributed by atoms with E-state index in [0.29, 0.717) is 24.4 Å². The maximum atomic E-state index is 12.1. The second-order valence-electron chi connectivity index (χ2n) is 8.60.